The Kier molecular flexibility index (Phi) is 4.94. The number of fused-ring (bicyclic) bond motifs is 1. The van der Waals surface area contributed by atoms with Crippen LogP contribution in [0.15, 0.2) is 48.5 Å². The Morgan fingerprint density at radius 3 is 2.60 bits per heavy atom. The van der Waals surface area contributed by atoms with E-state index < -0.39 is 17.6 Å². The largest absolute Gasteiger partial charge is 0.486 e. The number of rotatable bonds is 3. The van der Waals surface area contributed by atoms with Crippen LogP contribution in [0.3, 0.4) is 0 Å². The Hall–Kier alpha value is -3.35. The van der Waals surface area contributed by atoms with E-state index in [-0.39, 0.29) is 0 Å². The fourth-order valence-electron chi connectivity index (χ4n) is 2.20. The summed E-state index contributed by atoms with van der Waals surface area (Å²) in [6.45, 7) is 0.881. The molecule has 2 amide bonds. The Labute approximate surface area is 143 Å². The number of carbonyl (C=O) groups excluding carboxylic acids is 2. The van der Waals surface area contributed by atoms with E-state index in [1.807, 2.05) is 0 Å². The molecule has 0 saturated heterocycles. The molecule has 25 heavy (non-hydrogen) atoms. The third kappa shape index (κ3) is 4.35. The third-order valence-corrected chi connectivity index (χ3v) is 3.38. The summed E-state index contributed by atoms with van der Waals surface area (Å²) in [6.07, 6.45) is 2.63. The molecular weight excluding hydrogens is 327 g/mol. The van der Waals surface area contributed by atoms with Gasteiger partial charge in [0.2, 0.25) is 0 Å². The van der Waals surface area contributed by atoms with Crippen LogP contribution in [0.4, 0.5) is 4.39 Å². The van der Waals surface area contributed by atoms with Crippen molar-refractivity contribution >= 4 is 17.9 Å². The van der Waals surface area contributed by atoms with Gasteiger partial charge in [0.25, 0.3) is 11.8 Å². The molecule has 0 saturated carbocycles. The van der Waals surface area contributed by atoms with E-state index in [0.29, 0.717) is 35.8 Å². The zero-order chi connectivity index (χ0) is 17.6. The third-order valence-electron chi connectivity index (χ3n) is 3.38. The fraction of sp³-hybridized carbons (Fsp3) is 0.111. The zero-order valence-corrected chi connectivity index (χ0v) is 13.1. The highest BCUT2D eigenvalue weighted by atomic mass is 19.1. The molecule has 2 N–H and O–H groups in total. The Morgan fingerprint density at radius 2 is 1.80 bits per heavy atom. The number of benzene rings is 2. The lowest BCUT2D eigenvalue weighted by molar-refractivity contribution is -0.117. The zero-order valence-electron chi connectivity index (χ0n) is 13.1. The Bertz CT molecular complexity index is 836. The standard InChI is InChI=1S/C18H15FN2O4/c19-14-3-1-2-12(10-14)4-7-17(22)20-21-18(23)13-5-6-15-16(11-13)25-9-8-24-15/h1-7,10-11H,8-9H2,(H,20,22)(H,21,23)/b7-4+. The van der Waals surface area contributed by atoms with Crippen LogP contribution >= 0.6 is 0 Å². The minimum Gasteiger partial charge on any atom is -0.486 e. The second-order valence-corrected chi connectivity index (χ2v) is 5.19. The van der Waals surface area contributed by atoms with Gasteiger partial charge in [-0.2, -0.15) is 0 Å². The first-order valence-corrected chi connectivity index (χ1v) is 7.55. The van der Waals surface area contributed by atoms with E-state index >= 15 is 0 Å². The van der Waals surface area contributed by atoms with Crippen molar-refractivity contribution in [2.24, 2.45) is 0 Å². The number of ether oxygens (including phenoxy) is 2. The number of nitrogens with one attached hydrogen (secondary N) is 2. The molecule has 2 aromatic carbocycles. The normalized spacial score (nSPS) is 12.7. The molecule has 3 rings (SSSR count). The van der Waals surface area contributed by atoms with E-state index in [4.69, 9.17) is 9.47 Å². The van der Waals surface area contributed by atoms with Crippen LogP contribution in [0, 0.1) is 5.82 Å². The average molecular weight is 342 g/mol. The number of hydrogen-bond acceptors (Lipinski definition) is 4. The highest BCUT2D eigenvalue weighted by Gasteiger charge is 2.15. The molecule has 2 aromatic rings. The molecule has 0 radical (unpaired) electrons. The van der Waals surface area contributed by atoms with Crippen molar-refractivity contribution in [3.8, 4) is 11.5 Å². The minimum absolute atomic E-state index is 0.318. The summed E-state index contributed by atoms with van der Waals surface area (Å²) in [5.41, 5.74) is 5.40. The molecule has 0 unspecified atom stereocenters. The first-order chi connectivity index (χ1) is 12.1. The van der Waals surface area contributed by atoms with Crippen LogP contribution in [-0.4, -0.2) is 25.0 Å². The Morgan fingerprint density at radius 1 is 1.00 bits per heavy atom. The van der Waals surface area contributed by atoms with Crippen LogP contribution in [0.25, 0.3) is 6.08 Å². The quantitative estimate of drug-likeness (QED) is 0.661. The van der Waals surface area contributed by atoms with Crippen LogP contribution in [0.2, 0.25) is 0 Å². The van der Waals surface area contributed by atoms with Gasteiger partial charge in [-0.25, -0.2) is 4.39 Å². The number of amides is 2. The van der Waals surface area contributed by atoms with Crippen molar-refractivity contribution in [2.45, 2.75) is 0 Å². The van der Waals surface area contributed by atoms with Gasteiger partial charge in [-0.05, 0) is 42.0 Å². The van der Waals surface area contributed by atoms with Crippen LogP contribution in [0.1, 0.15) is 15.9 Å². The van der Waals surface area contributed by atoms with Gasteiger partial charge in [-0.3, -0.25) is 20.4 Å². The summed E-state index contributed by atoms with van der Waals surface area (Å²) >= 11 is 0. The molecule has 6 nitrogen and oxygen atoms in total. The molecule has 1 aliphatic rings. The van der Waals surface area contributed by atoms with Gasteiger partial charge in [0, 0.05) is 11.6 Å². The lowest BCUT2D eigenvalue weighted by Gasteiger charge is -2.18. The molecule has 1 aliphatic heterocycles. The predicted molar refractivity (Wildman–Crippen MR) is 88.5 cm³/mol. The summed E-state index contributed by atoms with van der Waals surface area (Å²) in [5.74, 6) is -0.379. The lowest BCUT2D eigenvalue weighted by atomic mass is 10.2. The summed E-state index contributed by atoms with van der Waals surface area (Å²) in [6, 6.07) is 10.5. The van der Waals surface area contributed by atoms with E-state index in [9.17, 15) is 14.0 Å². The molecule has 0 fully saturated rings. The SMILES string of the molecule is O=C(/C=C/c1cccc(F)c1)NNC(=O)c1ccc2c(c1)OCCO2. The van der Waals surface area contributed by atoms with Crippen molar-refractivity contribution in [3.63, 3.8) is 0 Å². The summed E-state index contributed by atoms with van der Waals surface area (Å²) in [7, 11) is 0. The van der Waals surface area contributed by atoms with Crippen molar-refractivity contribution in [2.75, 3.05) is 13.2 Å². The van der Waals surface area contributed by atoms with Crippen molar-refractivity contribution in [3.05, 3.63) is 65.5 Å². The Balaban J connectivity index is 1.56. The first-order valence-electron chi connectivity index (χ1n) is 7.55. The molecule has 0 atom stereocenters. The second kappa shape index (κ2) is 7.48. The van der Waals surface area contributed by atoms with Crippen molar-refractivity contribution in [1.29, 1.82) is 0 Å². The van der Waals surface area contributed by atoms with E-state index in [1.165, 1.54) is 30.4 Å². The summed E-state index contributed by atoms with van der Waals surface area (Å²) in [4.78, 5) is 23.8. The lowest BCUT2D eigenvalue weighted by Crippen LogP contribution is -2.40. The maximum Gasteiger partial charge on any atom is 0.269 e. The van der Waals surface area contributed by atoms with E-state index in [0.717, 1.165) is 0 Å². The van der Waals surface area contributed by atoms with Gasteiger partial charge >= 0.3 is 0 Å². The van der Waals surface area contributed by atoms with Gasteiger partial charge in [0.1, 0.15) is 19.0 Å². The molecule has 7 heteroatoms. The van der Waals surface area contributed by atoms with E-state index in [1.54, 1.807) is 24.3 Å². The smallest absolute Gasteiger partial charge is 0.269 e. The topological polar surface area (TPSA) is 76.7 Å². The molecule has 0 spiro atoms. The van der Waals surface area contributed by atoms with Gasteiger partial charge in [-0.15, -0.1) is 0 Å². The number of hydrogen-bond donors (Lipinski definition) is 2. The van der Waals surface area contributed by atoms with Gasteiger partial charge < -0.3 is 9.47 Å². The maximum atomic E-state index is 13.0. The number of halogens is 1. The summed E-state index contributed by atoms with van der Waals surface area (Å²) < 4.78 is 23.8. The molecule has 0 bridgehead atoms. The number of carbonyl (C=O) groups is 2. The van der Waals surface area contributed by atoms with Crippen molar-refractivity contribution < 1.29 is 23.5 Å². The molecular formula is C18H15FN2O4. The average Bonchev–Trinajstić information content (AvgIpc) is 2.64. The summed E-state index contributed by atoms with van der Waals surface area (Å²) in [5, 5.41) is 0. The highest BCUT2D eigenvalue weighted by molar-refractivity contribution is 5.98. The van der Waals surface area contributed by atoms with Crippen LogP contribution < -0.4 is 20.3 Å². The fourth-order valence-corrected chi connectivity index (χ4v) is 2.20. The van der Waals surface area contributed by atoms with Gasteiger partial charge in [-0.1, -0.05) is 12.1 Å². The first kappa shape index (κ1) is 16.5. The molecule has 128 valence electrons. The molecule has 0 aromatic heterocycles. The second-order valence-electron chi connectivity index (χ2n) is 5.19. The van der Waals surface area contributed by atoms with Crippen molar-refractivity contribution in [1.82, 2.24) is 10.9 Å². The van der Waals surface area contributed by atoms with Gasteiger partial charge in [0.15, 0.2) is 11.5 Å². The van der Waals surface area contributed by atoms with Gasteiger partial charge in [0.05, 0.1) is 0 Å². The monoisotopic (exact) mass is 342 g/mol. The maximum absolute atomic E-state index is 13.0. The minimum atomic E-state index is -0.546. The van der Waals surface area contributed by atoms with E-state index in [2.05, 4.69) is 10.9 Å². The molecule has 1 heterocycles. The highest BCUT2D eigenvalue weighted by Crippen LogP contribution is 2.30. The van der Waals surface area contributed by atoms with Crippen LogP contribution in [-0.2, 0) is 4.79 Å². The predicted octanol–water partition coefficient (Wildman–Crippen LogP) is 2.07. The number of hydrazine groups is 1. The molecule has 0 aliphatic carbocycles. The van der Waals surface area contributed by atoms with Crippen LogP contribution in [0.5, 0.6) is 11.5 Å².